The van der Waals surface area contributed by atoms with Crippen molar-refractivity contribution in [2.75, 3.05) is 0 Å². The lowest BCUT2D eigenvalue weighted by molar-refractivity contribution is -0.136. The maximum Gasteiger partial charge on any atom is 0.307 e. The summed E-state index contributed by atoms with van der Waals surface area (Å²) in [5.41, 5.74) is 0.964. The van der Waals surface area contributed by atoms with Gasteiger partial charge in [0.2, 0.25) is 0 Å². The number of aryl methyl sites for hydroxylation is 1. The Bertz CT molecular complexity index is 357. The van der Waals surface area contributed by atoms with E-state index >= 15 is 0 Å². The Labute approximate surface area is 81.4 Å². The second-order valence-electron chi connectivity index (χ2n) is 3.03. The van der Waals surface area contributed by atoms with Gasteiger partial charge in [-0.1, -0.05) is 6.92 Å². The summed E-state index contributed by atoms with van der Waals surface area (Å²) in [7, 11) is 0. The van der Waals surface area contributed by atoms with Crippen molar-refractivity contribution in [3.8, 4) is 11.5 Å². The maximum absolute atomic E-state index is 10.4. The zero-order valence-corrected chi connectivity index (χ0v) is 7.82. The quantitative estimate of drug-likeness (QED) is 0.680. The van der Waals surface area contributed by atoms with E-state index in [9.17, 15) is 15.0 Å². The van der Waals surface area contributed by atoms with Gasteiger partial charge in [-0.15, -0.1) is 0 Å². The summed E-state index contributed by atoms with van der Waals surface area (Å²) in [6.45, 7) is 1.84. The molecule has 0 aliphatic heterocycles. The lowest BCUT2D eigenvalue weighted by Gasteiger charge is -2.06. The van der Waals surface area contributed by atoms with Gasteiger partial charge in [0.1, 0.15) is 11.5 Å². The van der Waals surface area contributed by atoms with Crippen LogP contribution >= 0.6 is 0 Å². The molecule has 1 aromatic rings. The van der Waals surface area contributed by atoms with Crippen LogP contribution in [0.15, 0.2) is 12.1 Å². The standard InChI is InChI=1S/C10H12O4/c1-2-6-3-7(4-10(13)14)9(12)5-8(6)11/h3,5,11-12H,2,4H2,1H3,(H,13,14). The number of carboxylic acids is 1. The lowest BCUT2D eigenvalue weighted by Crippen LogP contribution is -2.01. The summed E-state index contributed by atoms with van der Waals surface area (Å²) >= 11 is 0. The first kappa shape index (κ1) is 10.4. The summed E-state index contributed by atoms with van der Waals surface area (Å²) in [5, 5.41) is 27.2. The summed E-state index contributed by atoms with van der Waals surface area (Å²) < 4.78 is 0. The van der Waals surface area contributed by atoms with Gasteiger partial charge in [-0.05, 0) is 18.1 Å². The molecule has 0 saturated carbocycles. The van der Waals surface area contributed by atoms with Gasteiger partial charge < -0.3 is 15.3 Å². The summed E-state index contributed by atoms with van der Waals surface area (Å²) in [4.78, 5) is 10.4. The Morgan fingerprint density at radius 3 is 2.29 bits per heavy atom. The van der Waals surface area contributed by atoms with E-state index in [4.69, 9.17) is 5.11 Å². The number of hydrogen-bond donors (Lipinski definition) is 3. The molecule has 0 unspecified atom stereocenters. The first-order chi connectivity index (χ1) is 6.54. The van der Waals surface area contributed by atoms with E-state index in [0.717, 1.165) is 0 Å². The van der Waals surface area contributed by atoms with Crippen LogP contribution in [0.5, 0.6) is 11.5 Å². The van der Waals surface area contributed by atoms with Gasteiger partial charge in [0.05, 0.1) is 6.42 Å². The van der Waals surface area contributed by atoms with E-state index in [0.29, 0.717) is 17.5 Å². The first-order valence-corrected chi connectivity index (χ1v) is 4.30. The topological polar surface area (TPSA) is 77.8 Å². The molecule has 1 aromatic carbocycles. The molecular formula is C10H12O4. The molecule has 0 fully saturated rings. The van der Waals surface area contributed by atoms with E-state index in [1.54, 1.807) is 0 Å². The minimum absolute atomic E-state index is 0.000797. The van der Waals surface area contributed by atoms with Crippen molar-refractivity contribution < 1.29 is 20.1 Å². The summed E-state index contributed by atoms with van der Waals surface area (Å²) in [6, 6.07) is 2.69. The molecule has 1 rings (SSSR count). The highest BCUT2D eigenvalue weighted by Gasteiger charge is 2.10. The molecule has 4 heteroatoms. The number of phenols is 2. The molecule has 0 atom stereocenters. The second kappa shape index (κ2) is 4.00. The van der Waals surface area contributed by atoms with Crippen molar-refractivity contribution in [3.05, 3.63) is 23.3 Å². The minimum Gasteiger partial charge on any atom is -0.508 e. The molecule has 0 aliphatic rings. The number of carbonyl (C=O) groups is 1. The number of benzene rings is 1. The van der Waals surface area contributed by atoms with Gasteiger partial charge in [-0.25, -0.2) is 0 Å². The minimum atomic E-state index is -1.01. The molecule has 4 nitrogen and oxygen atoms in total. The van der Waals surface area contributed by atoms with Crippen molar-refractivity contribution in [1.29, 1.82) is 0 Å². The van der Waals surface area contributed by atoms with Gasteiger partial charge >= 0.3 is 5.97 Å². The average Bonchev–Trinajstić information content (AvgIpc) is 2.09. The molecule has 0 aliphatic carbocycles. The Morgan fingerprint density at radius 1 is 1.21 bits per heavy atom. The predicted molar refractivity (Wildman–Crippen MR) is 50.5 cm³/mol. The van der Waals surface area contributed by atoms with E-state index in [1.165, 1.54) is 12.1 Å². The molecule has 0 amide bonds. The van der Waals surface area contributed by atoms with Crippen LogP contribution in [0.3, 0.4) is 0 Å². The Hall–Kier alpha value is -1.71. The molecular weight excluding hydrogens is 184 g/mol. The number of aromatic hydroxyl groups is 2. The monoisotopic (exact) mass is 196 g/mol. The molecule has 0 aromatic heterocycles. The first-order valence-electron chi connectivity index (χ1n) is 4.30. The molecule has 0 saturated heterocycles. The molecule has 0 radical (unpaired) electrons. The number of carboxylic acid groups (broad SMARTS) is 1. The van der Waals surface area contributed by atoms with Crippen molar-refractivity contribution in [2.24, 2.45) is 0 Å². The van der Waals surface area contributed by atoms with Crippen LogP contribution in [-0.2, 0) is 17.6 Å². The fourth-order valence-electron chi connectivity index (χ4n) is 1.26. The van der Waals surface area contributed by atoms with E-state index < -0.39 is 5.97 Å². The fourth-order valence-corrected chi connectivity index (χ4v) is 1.26. The highest BCUT2D eigenvalue weighted by molar-refractivity contribution is 5.71. The molecule has 3 N–H and O–H groups in total. The zero-order valence-electron chi connectivity index (χ0n) is 7.82. The van der Waals surface area contributed by atoms with Gasteiger partial charge in [-0.3, -0.25) is 4.79 Å². The Morgan fingerprint density at radius 2 is 1.79 bits per heavy atom. The Kier molecular flexibility index (Phi) is 2.96. The van der Waals surface area contributed by atoms with Gasteiger partial charge in [0, 0.05) is 11.6 Å². The van der Waals surface area contributed by atoms with Gasteiger partial charge in [0.25, 0.3) is 0 Å². The third-order valence-corrected chi connectivity index (χ3v) is 2.00. The van der Waals surface area contributed by atoms with Crippen LogP contribution in [0.4, 0.5) is 0 Å². The van der Waals surface area contributed by atoms with Crippen LogP contribution in [0, 0.1) is 0 Å². The smallest absolute Gasteiger partial charge is 0.307 e. The molecule has 14 heavy (non-hydrogen) atoms. The maximum atomic E-state index is 10.4. The van der Waals surface area contributed by atoms with Crippen molar-refractivity contribution in [3.63, 3.8) is 0 Å². The van der Waals surface area contributed by atoms with Crippen LogP contribution in [0.25, 0.3) is 0 Å². The number of aliphatic carboxylic acids is 1. The van der Waals surface area contributed by atoms with Crippen molar-refractivity contribution >= 4 is 5.97 Å². The van der Waals surface area contributed by atoms with E-state index in [-0.39, 0.29) is 17.9 Å². The van der Waals surface area contributed by atoms with E-state index in [2.05, 4.69) is 0 Å². The third-order valence-electron chi connectivity index (χ3n) is 2.00. The average molecular weight is 196 g/mol. The normalized spacial score (nSPS) is 10.1. The summed E-state index contributed by atoms with van der Waals surface area (Å²) in [5.74, 6) is -1.19. The van der Waals surface area contributed by atoms with Gasteiger partial charge in [-0.2, -0.15) is 0 Å². The van der Waals surface area contributed by atoms with Crippen molar-refractivity contribution in [2.45, 2.75) is 19.8 Å². The molecule has 0 bridgehead atoms. The third kappa shape index (κ3) is 2.16. The van der Waals surface area contributed by atoms with Crippen LogP contribution in [0.1, 0.15) is 18.1 Å². The van der Waals surface area contributed by atoms with Crippen molar-refractivity contribution in [1.82, 2.24) is 0 Å². The fraction of sp³-hybridized carbons (Fsp3) is 0.300. The zero-order chi connectivity index (χ0) is 10.7. The highest BCUT2D eigenvalue weighted by atomic mass is 16.4. The van der Waals surface area contributed by atoms with Crippen LogP contribution in [0.2, 0.25) is 0 Å². The number of hydrogen-bond acceptors (Lipinski definition) is 3. The van der Waals surface area contributed by atoms with Crippen LogP contribution in [-0.4, -0.2) is 21.3 Å². The Balaban J connectivity index is 3.10. The molecule has 0 heterocycles. The molecule has 0 spiro atoms. The highest BCUT2D eigenvalue weighted by Crippen LogP contribution is 2.27. The largest absolute Gasteiger partial charge is 0.508 e. The van der Waals surface area contributed by atoms with Crippen LogP contribution < -0.4 is 0 Å². The summed E-state index contributed by atoms with van der Waals surface area (Å²) in [6.07, 6.45) is 0.359. The lowest BCUT2D eigenvalue weighted by atomic mass is 10.0. The number of phenolic OH excluding ortho intramolecular Hbond substituents is 2. The SMILES string of the molecule is CCc1cc(CC(=O)O)c(O)cc1O. The van der Waals surface area contributed by atoms with Gasteiger partial charge in [0.15, 0.2) is 0 Å². The molecule has 76 valence electrons. The predicted octanol–water partition coefficient (Wildman–Crippen LogP) is 1.29. The number of rotatable bonds is 3. The van der Waals surface area contributed by atoms with E-state index in [1.807, 2.05) is 6.92 Å². The second-order valence-corrected chi connectivity index (χ2v) is 3.03.